The van der Waals surface area contributed by atoms with E-state index in [1.807, 2.05) is 24.3 Å². The second kappa shape index (κ2) is 9.15. The second-order valence-electron chi connectivity index (χ2n) is 8.03. The molecule has 170 valence electrons. The average Bonchev–Trinajstić information content (AvgIpc) is 3.44. The summed E-state index contributed by atoms with van der Waals surface area (Å²) in [5.74, 6) is -0.672. The summed E-state index contributed by atoms with van der Waals surface area (Å²) in [5.41, 5.74) is 3.72. The lowest BCUT2D eigenvalue weighted by Crippen LogP contribution is -2.31. The van der Waals surface area contributed by atoms with E-state index in [0.29, 0.717) is 16.4 Å². The molecule has 0 aliphatic carbocycles. The zero-order chi connectivity index (χ0) is 23.7. The van der Waals surface area contributed by atoms with Crippen molar-refractivity contribution in [1.29, 1.82) is 0 Å². The van der Waals surface area contributed by atoms with Gasteiger partial charge in [0, 0.05) is 24.6 Å². The fourth-order valence-electron chi connectivity index (χ4n) is 3.95. The minimum atomic E-state index is -0.231. The number of imide groups is 1. The predicted octanol–water partition coefficient (Wildman–Crippen LogP) is 4.75. The summed E-state index contributed by atoms with van der Waals surface area (Å²) in [4.78, 5) is 49.6. The minimum absolute atomic E-state index is 0.217. The molecule has 0 N–H and O–H groups in total. The van der Waals surface area contributed by atoms with E-state index in [1.54, 1.807) is 35.4 Å². The molecular formula is C26H22N4O3S. The average molecular weight is 471 g/mol. The van der Waals surface area contributed by atoms with Gasteiger partial charge in [-0.25, -0.2) is 4.98 Å². The standard InChI is InChI=1S/C26H22N4O3S/c1-2-17-6-11-21-22(15-17)34-26(28-21)29(16-19-5-3-4-14-27-19)25(33)18-7-9-20(10-8-18)30-23(31)12-13-24(30)32/h3-11,14-15H,2,12-13,16H2,1H3. The number of anilines is 2. The molecule has 1 fully saturated rings. The van der Waals surface area contributed by atoms with Gasteiger partial charge in [0.25, 0.3) is 5.91 Å². The summed E-state index contributed by atoms with van der Waals surface area (Å²) in [7, 11) is 0. The van der Waals surface area contributed by atoms with E-state index in [-0.39, 0.29) is 37.1 Å². The highest BCUT2D eigenvalue weighted by Gasteiger charge is 2.30. The van der Waals surface area contributed by atoms with E-state index in [4.69, 9.17) is 4.98 Å². The number of amides is 3. The number of pyridine rings is 1. The maximum Gasteiger partial charge on any atom is 0.260 e. The number of hydrogen-bond donors (Lipinski definition) is 0. The Morgan fingerprint density at radius 3 is 2.47 bits per heavy atom. The van der Waals surface area contributed by atoms with Crippen LogP contribution in [0.3, 0.4) is 0 Å². The van der Waals surface area contributed by atoms with Crippen molar-refractivity contribution in [2.75, 3.05) is 9.80 Å². The molecule has 0 atom stereocenters. The van der Waals surface area contributed by atoms with Crippen molar-refractivity contribution in [3.8, 4) is 0 Å². The molecule has 5 rings (SSSR count). The number of aryl methyl sites for hydroxylation is 1. The summed E-state index contributed by atoms with van der Waals surface area (Å²) < 4.78 is 1.02. The molecule has 2 aromatic heterocycles. The number of nitrogens with zero attached hydrogens (tertiary/aromatic N) is 4. The van der Waals surface area contributed by atoms with Crippen LogP contribution >= 0.6 is 11.3 Å². The minimum Gasteiger partial charge on any atom is -0.278 e. The lowest BCUT2D eigenvalue weighted by molar-refractivity contribution is -0.121. The van der Waals surface area contributed by atoms with Crippen molar-refractivity contribution in [2.45, 2.75) is 32.7 Å². The molecular weight excluding hydrogens is 448 g/mol. The largest absolute Gasteiger partial charge is 0.278 e. The highest BCUT2D eigenvalue weighted by atomic mass is 32.1. The third kappa shape index (κ3) is 4.20. The monoisotopic (exact) mass is 470 g/mol. The van der Waals surface area contributed by atoms with Crippen LogP contribution in [-0.2, 0) is 22.6 Å². The van der Waals surface area contributed by atoms with Crippen LogP contribution in [0.5, 0.6) is 0 Å². The summed E-state index contributed by atoms with van der Waals surface area (Å²) >= 11 is 1.47. The Labute approximate surface area is 200 Å². The van der Waals surface area contributed by atoms with E-state index in [1.165, 1.54) is 21.8 Å². The summed E-state index contributed by atoms with van der Waals surface area (Å²) in [5, 5.41) is 0.591. The molecule has 34 heavy (non-hydrogen) atoms. The molecule has 1 saturated heterocycles. The summed E-state index contributed by atoms with van der Waals surface area (Å²) in [6.45, 7) is 2.37. The number of aromatic nitrogens is 2. The molecule has 2 aromatic carbocycles. The van der Waals surface area contributed by atoms with Crippen molar-refractivity contribution in [3.63, 3.8) is 0 Å². The lowest BCUT2D eigenvalue weighted by Gasteiger charge is -2.20. The highest BCUT2D eigenvalue weighted by molar-refractivity contribution is 7.22. The van der Waals surface area contributed by atoms with Gasteiger partial charge in [0.15, 0.2) is 5.13 Å². The fourth-order valence-corrected chi connectivity index (χ4v) is 4.97. The van der Waals surface area contributed by atoms with Gasteiger partial charge in [-0.05, 0) is 60.5 Å². The molecule has 0 unspecified atom stereocenters. The second-order valence-corrected chi connectivity index (χ2v) is 9.04. The van der Waals surface area contributed by atoms with Crippen LogP contribution in [0.15, 0.2) is 66.9 Å². The van der Waals surface area contributed by atoms with E-state index >= 15 is 0 Å². The zero-order valence-electron chi connectivity index (χ0n) is 18.6. The van der Waals surface area contributed by atoms with Crippen molar-refractivity contribution < 1.29 is 14.4 Å². The number of thiazole rings is 1. The van der Waals surface area contributed by atoms with Gasteiger partial charge in [0.2, 0.25) is 11.8 Å². The number of rotatable bonds is 6. The van der Waals surface area contributed by atoms with Crippen LogP contribution in [0.1, 0.15) is 41.4 Å². The molecule has 0 radical (unpaired) electrons. The van der Waals surface area contributed by atoms with Crippen LogP contribution in [0, 0.1) is 0 Å². The zero-order valence-corrected chi connectivity index (χ0v) is 19.4. The van der Waals surface area contributed by atoms with Crippen LogP contribution in [-0.4, -0.2) is 27.7 Å². The normalized spacial score (nSPS) is 13.6. The lowest BCUT2D eigenvalue weighted by atomic mass is 10.1. The first-order valence-corrected chi connectivity index (χ1v) is 11.9. The van der Waals surface area contributed by atoms with Crippen LogP contribution in [0.2, 0.25) is 0 Å². The van der Waals surface area contributed by atoms with E-state index < -0.39 is 0 Å². The molecule has 0 bridgehead atoms. The number of carbonyl (C=O) groups is 3. The van der Waals surface area contributed by atoms with Crippen LogP contribution in [0.25, 0.3) is 10.2 Å². The van der Waals surface area contributed by atoms with E-state index in [0.717, 1.165) is 22.3 Å². The summed E-state index contributed by atoms with van der Waals surface area (Å²) in [6, 6.07) is 18.3. The maximum atomic E-state index is 13.6. The molecule has 8 heteroatoms. The maximum absolute atomic E-state index is 13.6. The molecule has 3 heterocycles. The van der Waals surface area contributed by atoms with Crippen molar-refractivity contribution in [3.05, 3.63) is 83.7 Å². The Morgan fingerprint density at radius 1 is 1.03 bits per heavy atom. The van der Waals surface area contributed by atoms with Crippen molar-refractivity contribution in [1.82, 2.24) is 9.97 Å². The molecule has 0 saturated carbocycles. The third-order valence-electron chi connectivity index (χ3n) is 5.80. The third-order valence-corrected chi connectivity index (χ3v) is 6.84. The Bertz CT molecular complexity index is 1370. The van der Waals surface area contributed by atoms with Gasteiger partial charge in [-0.15, -0.1) is 0 Å². The first kappa shape index (κ1) is 21.9. The van der Waals surface area contributed by atoms with Crippen molar-refractivity contribution >= 4 is 50.1 Å². The molecule has 1 aliphatic rings. The van der Waals surface area contributed by atoms with Gasteiger partial charge in [-0.3, -0.25) is 29.2 Å². The molecule has 4 aromatic rings. The van der Waals surface area contributed by atoms with Gasteiger partial charge in [0.1, 0.15) is 0 Å². The number of hydrogen-bond acceptors (Lipinski definition) is 6. The quantitative estimate of drug-likeness (QED) is 0.380. The van der Waals surface area contributed by atoms with Gasteiger partial charge in [-0.1, -0.05) is 30.4 Å². The Hall–Kier alpha value is -3.91. The molecule has 1 aliphatic heterocycles. The molecule has 7 nitrogen and oxygen atoms in total. The molecule has 3 amide bonds. The van der Waals surface area contributed by atoms with Gasteiger partial charge >= 0.3 is 0 Å². The Morgan fingerprint density at radius 2 is 1.79 bits per heavy atom. The Balaban J connectivity index is 1.49. The van der Waals surface area contributed by atoms with Crippen molar-refractivity contribution in [2.24, 2.45) is 0 Å². The predicted molar refractivity (Wildman–Crippen MR) is 132 cm³/mol. The van der Waals surface area contributed by atoms with Gasteiger partial charge < -0.3 is 0 Å². The van der Waals surface area contributed by atoms with Gasteiger partial charge in [0.05, 0.1) is 28.1 Å². The number of carbonyl (C=O) groups excluding carboxylic acids is 3. The SMILES string of the molecule is CCc1ccc2nc(N(Cc3ccccn3)C(=O)c3ccc(N4C(=O)CCC4=O)cc3)sc2c1. The van der Waals surface area contributed by atoms with Crippen LogP contribution in [0.4, 0.5) is 10.8 Å². The smallest absolute Gasteiger partial charge is 0.260 e. The van der Waals surface area contributed by atoms with E-state index in [9.17, 15) is 14.4 Å². The molecule has 0 spiro atoms. The van der Waals surface area contributed by atoms with Gasteiger partial charge in [-0.2, -0.15) is 0 Å². The first-order chi connectivity index (χ1) is 16.5. The van der Waals surface area contributed by atoms with Crippen LogP contribution < -0.4 is 9.80 Å². The van der Waals surface area contributed by atoms with E-state index in [2.05, 4.69) is 24.0 Å². The highest BCUT2D eigenvalue weighted by Crippen LogP contribution is 2.32. The number of benzene rings is 2. The fraction of sp³-hybridized carbons (Fsp3) is 0.192. The topological polar surface area (TPSA) is 83.5 Å². The first-order valence-electron chi connectivity index (χ1n) is 11.1. The summed E-state index contributed by atoms with van der Waals surface area (Å²) in [6.07, 6.45) is 3.06. The Kier molecular flexibility index (Phi) is 5.90. The number of fused-ring (bicyclic) bond motifs is 1.